The highest BCUT2D eigenvalue weighted by molar-refractivity contribution is 6.05. The van der Waals surface area contributed by atoms with Crippen LogP contribution >= 0.6 is 0 Å². The van der Waals surface area contributed by atoms with Gasteiger partial charge < -0.3 is 9.15 Å². The largest absolute Gasteiger partial charge is 0.452 e. The maximum absolute atomic E-state index is 12.7. The van der Waals surface area contributed by atoms with Crippen molar-refractivity contribution in [2.45, 2.75) is 39.2 Å². The lowest BCUT2D eigenvalue weighted by Gasteiger charge is -2.11. The van der Waals surface area contributed by atoms with Crippen molar-refractivity contribution in [2.24, 2.45) is 0 Å². The number of benzene rings is 1. The molecule has 6 heteroatoms. The number of carbonyl (C=O) groups is 1. The van der Waals surface area contributed by atoms with Gasteiger partial charge in [0.05, 0.1) is 11.1 Å². The van der Waals surface area contributed by atoms with Gasteiger partial charge in [0.15, 0.2) is 6.61 Å². The number of hydrogen-bond donors (Lipinski definition) is 0. The van der Waals surface area contributed by atoms with Crippen molar-refractivity contribution in [3.63, 3.8) is 0 Å². The quantitative estimate of drug-likeness (QED) is 0.687. The van der Waals surface area contributed by atoms with E-state index in [0.717, 1.165) is 41.4 Å². The highest BCUT2D eigenvalue weighted by Gasteiger charge is 2.25. The van der Waals surface area contributed by atoms with E-state index in [4.69, 9.17) is 9.15 Å². The topological polar surface area (TPSA) is 78.1 Å². The van der Waals surface area contributed by atoms with Crippen molar-refractivity contribution < 1.29 is 13.9 Å². The zero-order chi connectivity index (χ0) is 16.5. The van der Waals surface area contributed by atoms with Gasteiger partial charge in [-0.25, -0.2) is 4.79 Å². The van der Waals surface area contributed by atoms with Gasteiger partial charge in [0.1, 0.15) is 0 Å². The number of pyridine rings is 1. The molecule has 0 aliphatic heterocycles. The van der Waals surface area contributed by atoms with E-state index in [1.165, 1.54) is 0 Å². The number of carbonyl (C=O) groups excluding carboxylic acids is 1. The molecule has 0 atom stereocenters. The smallest absolute Gasteiger partial charge is 0.339 e. The van der Waals surface area contributed by atoms with Gasteiger partial charge in [-0.1, -0.05) is 25.1 Å². The first-order valence-corrected chi connectivity index (χ1v) is 8.15. The van der Waals surface area contributed by atoms with Gasteiger partial charge in [-0.05, 0) is 30.9 Å². The van der Waals surface area contributed by atoms with Crippen molar-refractivity contribution in [3.8, 4) is 0 Å². The summed E-state index contributed by atoms with van der Waals surface area (Å²) in [6.45, 7) is 1.91. The molecule has 0 unspecified atom stereocenters. The van der Waals surface area contributed by atoms with Crippen LogP contribution in [-0.2, 0) is 30.6 Å². The predicted octanol–water partition coefficient (Wildman–Crippen LogP) is 3.03. The molecule has 0 N–H and O–H groups in total. The molecule has 0 amide bonds. The van der Waals surface area contributed by atoms with Crippen LogP contribution in [0.1, 0.15) is 46.7 Å². The summed E-state index contributed by atoms with van der Waals surface area (Å²) in [7, 11) is 0. The minimum atomic E-state index is -0.358. The van der Waals surface area contributed by atoms with E-state index in [-0.39, 0.29) is 12.6 Å². The summed E-state index contributed by atoms with van der Waals surface area (Å²) < 4.78 is 10.8. The molecule has 1 aromatic carbocycles. The lowest BCUT2D eigenvalue weighted by Crippen LogP contribution is -2.10. The zero-order valence-electron chi connectivity index (χ0n) is 13.4. The van der Waals surface area contributed by atoms with Crippen LogP contribution in [0, 0.1) is 0 Å². The van der Waals surface area contributed by atoms with Crippen LogP contribution in [0.3, 0.4) is 0 Å². The molecular weight excluding hydrogens is 306 g/mol. The number of nitrogens with zero attached hydrogens (tertiary/aromatic N) is 3. The van der Waals surface area contributed by atoms with Crippen molar-refractivity contribution >= 4 is 16.9 Å². The molecule has 1 aliphatic rings. The lowest BCUT2D eigenvalue weighted by atomic mass is 10.0. The molecule has 2 heterocycles. The van der Waals surface area contributed by atoms with E-state index in [9.17, 15) is 4.79 Å². The number of para-hydroxylation sites is 1. The highest BCUT2D eigenvalue weighted by Crippen LogP contribution is 2.30. The third kappa shape index (κ3) is 2.54. The van der Waals surface area contributed by atoms with Crippen molar-refractivity contribution in [3.05, 3.63) is 52.9 Å². The fourth-order valence-corrected chi connectivity index (χ4v) is 3.13. The van der Waals surface area contributed by atoms with Crippen molar-refractivity contribution in [1.29, 1.82) is 0 Å². The van der Waals surface area contributed by atoms with E-state index in [2.05, 4.69) is 15.2 Å². The van der Waals surface area contributed by atoms with E-state index < -0.39 is 0 Å². The molecule has 24 heavy (non-hydrogen) atoms. The molecule has 0 fully saturated rings. The summed E-state index contributed by atoms with van der Waals surface area (Å²) in [5.41, 5.74) is 3.48. The van der Waals surface area contributed by atoms with E-state index >= 15 is 0 Å². The van der Waals surface area contributed by atoms with Gasteiger partial charge in [-0.15, -0.1) is 10.2 Å². The first-order valence-electron chi connectivity index (χ1n) is 8.15. The molecule has 0 radical (unpaired) electrons. The van der Waals surface area contributed by atoms with Crippen LogP contribution in [0.2, 0.25) is 0 Å². The third-order valence-corrected chi connectivity index (χ3v) is 4.26. The lowest BCUT2D eigenvalue weighted by molar-refractivity contribution is 0.0437. The van der Waals surface area contributed by atoms with E-state index in [0.29, 0.717) is 23.8 Å². The minimum absolute atomic E-state index is 0.0166. The molecule has 1 aliphatic carbocycles. The number of esters is 1. The van der Waals surface area contributed by atoms with Gasteiger partial charge >= 0.3 is 5.97 Å². The Morgan fingerprint density at radius 1 is 1.21 bits per heavy atom. The molecule has 0 bridgehead atoms. The Labute approximate surface area is 138 Å². The molecule has 122 valence electrons. The van der Waals surface area contributed by atoms with Crippen LogP contribution in [0.25, 0.3) is 10.9 Å². The highest BCUT2D eigenvalue weighted by atomic mass is 16.5. The minimum Gasteiger partial charge on any atom is -0.452 e. The number of rotatable bonds is 4. The van der Waals surface area contributed by atoms with Crippen molar-refractivity contribution in [1.82, 2.24) is 15.2 Å². The molecule has 0 saturated carbocycles. The number of hydrogen-bond acceptors (Lipinski definition) is 6. The first kappa shape index (κ1) is 14.8. The second kappa shape index (κ2) is 6.03. The van der Waals surface area contributed by atoms with E-state index in [1.54, 1.807) is 0 Å². The van der Waals surface area contributed by atoms with Crippen LogP contribution in [-0.4, -0.2) is 21.2 Å². The maximum atomic E-state index is 12.7. The summed E-state index contributed by atoms with van der Waals surface area (Å²) in [6, 6.07) is 7.68. The van der Waals surface area contributed by atoms with Crippen molar-refractivity contribution in [2.75, 3.05) is 0 Å². The summed E-state index contributed by atoms with van der Waals surface area (Å²) >= 11 is 0. The Morgan fingerprint density at radius 2 is 2.04 bits per heavy atom. The average Bonchev–Trinajstić information content (AvgIpc) is 3.26. The fourth-order valence-electron chi connectivity index (χ4n) is 3.13. The molecule has 0 spiro atoms. The average molecular weight is 323 g/mol. The Morgan fingerprint density at radius 3 is 2.88 bits per heavy atom. The van der Waals surface area contributed by atoms with Crippen LogP contribution in [0.5, 0.6) is 0 Å². The summed E-state index contributed by atoms with van der Waals surface area (Å²) in [5.74, 6) is 0.495. The normalized spacial score (nSPS) is 13.2. The Balaban J connectivity index is 1.66. The monoisotopic (exact) mass is 323 g/mol. The SMILES string of the molecule is CCc1nnc(COC(=O)c2c3c(nc4ccccc24)CCC3)o1. The second-order valence-corrected chi connectivity index (χ2v) is 5.80. The molecular formula is C18H17N3O3. The van der Waals surface area contributed by atoms with Crippen LogP contribution in [0.15, 0.2) is 28.7 Å². The molecule has 4 rings (SSSR count). The van der Waals surface area contributed by atoms with Gasteiger partial charge in [0.2, 0.25) is 5.89 Å². The number of aromatic nitrogens is 3. The molecule has 0 saturated heterocycles. The van der Waals surface area contributed by atoms with Gasteiger partial charge in [0.25, 0.3) is 5.89 Å². The molecule has 3 aromatic rings. The summed E-state index contributed by atoms with van der Waals surface area (Å²) in [4.78, 5) is 17.4. The van der Waals surface area contributed by atoms with Gasteiger partial charge in [-0.2, -0.15) is 0 Å². The van der Waals surface area contributed by atoms with Gasteiger partial charge in [0, 0.05) is 17.5 Å². The molecule has 6 nitrogen and oxygen atoms in total. The Hall–Kier alpha value is -2.76. The number of fused-ring (bicyclic) bond motifs is 2. The fraction of sp³-hybridized carbons (Fsp3) is 0.333. The summed E-state index contributed by atoms with van der Waals surface area (Å²) in [6.07, 6.45) is 3.44. The van der Waals surface area contributed by atoms with Crippen LogP contribution < -0.4 is 0 Å². The predicted molar refractivity (Wildman–Crippen MR) is 86.6 cm³/mol. The van der Waals surface area contributed by atoms with Crippen LogP contribution in [0.4, 0.5) is 0 Å². The first-order chi connectivity index (χ1) is 11.8. The second-order valence-electron chi connectivity index (χ2n) is 5.80. The number of aryl methyl sites for hydroxylation is 2. The summed E-state index contributed by atoms with van der Waals surface area (Å²) in [5, 5.41) is 8.59. The Bertz CT molecular complexity index is 917. The Kier molecular flexibility index (Phi) is 3.72. The third-order valence-electron chi connectivity index (χ3n) is 4.26. The van der Waals surface area contributed by atoms with Gasteiger partial charge in [-0.3, -0.25) is 4.98 Å². The molecule has 2 aromatic heterocycles. The maximum Gasteiger partial charge on any atom is 0.339 e. The number of ether oxygens (including phenoxy) is 1. The standard InChI is InChI=1S/C18H17N3O3/c1-2-15-20-21-16(24-15)10-23-18(22)17-11-6-3-4-8-13(11)19-14-9-5-7-12(14)17/h3-4,6,8H,2,5,7,9-10H2,1H3. The zero-order valence-corrected chi connectivity index (χ0v) is 13.4. The van der Waals surface area contributed by atoms with E-state index in [1.807, 2.05) is 31.2 Å².